The van der Waals surface area contributed by atoms with Gasteiger partial charge in [-0.15, -0.1) is 0 Å². The summed E-state index contributed by atoms with van der Waals surface area (Å²) in [4.78, 5) is 21.8. The maximum atomic E-state index is 13.0. The van der Waals surface area contributed by atoms with Gasteiger partial charge in [0.1, 0.15) is 0 Å². The third-order valence-electron chi connectivity index (χ3n) is 7.19. The Balaban J connectivity index is 1.42. The molecule has 3 aromatic rings. The zero-order chi connectivity index (χ0) is 20.8. The van der Waals surface area contributed by atoms with E-state index in [1.54, 1.807) is 6.20 Å². The number of urea groups is 1. The van der Waals surface area contributed by atoms with Crippen molar-refractivity contribution in [2.75, 3.05) is 25.5 Å². The Labute approximate surface area is 177 Å². The summed E-state index contributed by atoms with van der Waals surface area (Å²) in [6.07, 6.45) is 5.77. The molecule has 2 aliphatic rings. The molecule has 0 radical (unpaired) electrons. The molecule has 30 heavy (non-hydrogen) atoms. The van der Waals surface area contributed by atoms with Crippen LogP contribution in [-0.4, -0.2) is 42.1 Å². The Morgan fingerprint density at radius 2 is 1.70 bits per heavy atom. The summed E-state index contributed by atoms with van der Waals surface area (Å²) in [5, 5.41) is 4.38. The highest BCUT2D eigenvalue weighted by Crippen LogP contribution is 2.46. The average Bonchev–Trinajstić information content (AvgIpc) is 3.10. The number of fused-ring (bicyclic) bond motifs is 1. The molecule has 1 aliphatic carbocycles. The van der Waals surface area contributed by atoms with Gasteiger partial charge in [0, 0.05) is 17.1 Å². The summed E-state index contributed by atoms with van der Waals surface area (Å²) >= 11 is 0. The lowest BCUT2D eigenvalue weighted by molar-refractivity contribution is 0.0658. The lowest BCUT2D eigenvalue weighted by atomic mass is 9.69. The quantitative estimate of drug-likeness (QED) is 0.702. The lowest BCUT2D eigenvalue weighted by Crippen LogP contribution is -2.54. The molecule has 0 atom stereocenters. The molecule has 1 saturated heterocycles. The van der Waals surface area contributed by atoms with E-state index in [0.717, 1.165) is 42.3 Å². The maximum Gasteiger partial charge on any atom is 0.322 e. The van der Waals surface area contributed by atoms with Crippen molar-refractivity contribution in [3.63, 3.8) is 0 Å². The Kier molecular flexibility index (Phi) is 4.51. The second-order valence-corrected chi connectivity index (χ2v) is 8.94. The predicted molar refractivity (Wildman–Crippen MR) is 121 cm³/mol. The molecular formula is C25H28N4O. The number of anilines is 1. The van der Waals surface area contributed by atoms with E-state index in [1.165, 1.54) is 5.56 Å². The molecule has 5 heteroatoms. The van der Waals surface area contributed by atoms with E-state index in [4.69, 9.17) is 0 Å². The SMILES string of the molecule is CN(C)[C@]1(c2ccccc2)CC[C@]2(CC1)CN(c1cccc3ncccc13)C(=O)N2. The maximum absolute atomic E-state index is 13.0. The Morgan fingerprint density at radius 1 is 0.933 bits per heavy atom. The Morgan fingerprint density at radius 3 is 2.43 bits per heavy atom. The highest BCUT2D eigenvalue weighted by molar-refractivity contribution is 6.03. The molecule has 0 bridgehead atoms. The van der Waals surface area contributed by atoms with Crippen molar-refractivity contribution in [1.29, 1.82) is 0 Å². The number of rotatable bonds is 3. The lowest BCUT2D eigenvalue weighted by Gasteiger charge is -2.48. The summed E-state index contributed by atoms with van der Waals surface area (Å²) in [5.41, 5.74) is 3.08. The Hall–Kier alpha value is -2.92. The molecule has 1 spiro atoms. The summed E-state index contributed by atoms with van der Waals surface area (Å²) in [6.45, 7) is 0.706. The Bertz CT molecular complexity index is 1070. The minimum absolute atomic E-state index is 0.00316. The van der Waals surface area contributed by atoms with Gasteiger partial charge in [-0.2, -0.15) is 0 Å². The highest BCUT2D eigenvalue weighted by Gasteiger charge is 2.50. The van der Waals surface area contributed by atoms with Crippen LogP contribution in [0.4, 0.5) is 10.5 Å². The van der Waals surface area contributed by atoms with E-state index in [2.05, 4.69) is 59.6 Å². The number of hydrogen-bond acceptors (Lipinski definition) is 3. The van der Waals surface area contributed by atoms with Crippen LogP contribution in [0.15, 0.2) is 66.9 Å². The molecule has 2 aromatic carbocycles. The number of amides is 2. The van der Waals surface area contributed by atoms with Crippen molar-refractivity contribution >= 4 is 22.6 Å². The first-order chi connectivity index (χ1) is 14.5. The first-order valence-corrected chi connectivity index (χ1v) is 10.7. The number of hydrogen-bond donors (Lipinski definition) is 1. The van der Waals surface area contributed by atoms with E-state index < -0.39 is 0 Å². The van der Waals surface area contributed by atoms with Crippen molar-refractivity contribution in [2.45, 2.75) is 36.8 Å². The van der Waals surface area contributed by atoms with Gasteiger partial charge >= 0.3 is 6.03 Å². The van der Waals surface area contributed by atoms with Gasteiger partial charge in [-0.05, 0) is 69.6 Å². The molecule has 1 saturated carbocycles. The van der Waals surface area contributed by atoms with Gasteiger partial charge in [0.15, 0.2) is 0 Å². The van der Waals surface area contributed by atoms with Gasteiger partial charge in [-0.25, -0.2) is 4.79 Å². The smallest absolute Gasteiger partial charge is 0.322 e. The molecular weight excluding hydrogens is 372 g/mol. The summed E-state index contributed by atoms with van der Waals surface area (Å²) in [6, 6.07) is 20.8. The number of aromatic nitrogens is 1. The minimum atomic E-state index is -0.171. The van der Waals surface area contributed by atoms with Gasteiger partial charge in [-0.1, -0.05) is 36.4 Å². The predicted octanol–water partition coefficient (Wildman–Crippen LogP) is 4.53. The molecule has 0 unspecified atom stereocenters. The highest BCUT2D eigenvalue weighted by atomic mass is 16.2. The molecule has 1 N–H and O–H groups in total. The fraction of sp³-hybridized carbons (Fsp3) is 0.360. The average molecular weight is 401 g/mol. The summed E-state index contributed by atoms with van der Waals surface area (Å²) in [7, 11) is 4.35. The van der Waals surface area contributed by atoms with Crippen LogP contribution in [0.5, 0.6) is 0 Å². The van der Waals surface area contributed by atoms with Crippen LogP contribution >= 0.6 is 0 Å². The number of carbonyl (C=O) groups is 1. The third kappa shape index (κ3) is 2.96. The second-order valence-electron chi connectivity index (χ2n) is 8.94. The van der Waals surface area contributed by atoms with Crippen LogP contribution in [0.25, 0.3) is 10.9 Å². The zero-order valence-corrected chi connectivity index (χ0v) is 17.6. The molecule has 1 aliphatic heterocycles. The van der Waals surface area contributed by atoms with Crippen molar-refractivity contribution in [3.05, 3.63) is 72.4 Å². The van der Waals surface area contributed by atoms with E-state index in [0.29, 0.717) is 6.54 Å². The third-order valence-corrected chi connectivity index (χ3v) is 7.19. The fourth-order valence-electron chi connectivity index (χ4n) is 5.39. The van der Waals surface area contributed by atoms with Crippen LogP contribution in [0.2, 0.25) is 0 Å². The van der Waals surface area contributed by atoms with E-state index in [9.17, 15) is 4.79 Å². The minimum Gasteiger partial charge on any atom is -0.330 e. The van der Waals surface area contributed by atoms with E-state index >= 15 is 0 Å². The fourth-order valence-corrected chi connectivity index (χ4v) is 5.39. The van der Waals surface area contributed by atoms with Gasteiger partial charge < -0.3 is 5.32 Å². The molecule has 5 nitrogen and oxygen atoms in total. The molecule has 1 aromatic heterocycles. The monoisotopic (exact) mass is 400 g/mol. The standard InChI is InChI=1S/C25H28N4O/c1-28(2)25(19-8-4-3-5-9-19)15-13-24(14-16-25)18-29(23(30)27-24)22-12-6-11-21-20(22)10-7-17-26-21/h3-12,17H,13-16,18H2,1-2H3,(H,27,30)/t24-,25+. The van der Waals surface area contributed by atoms with Gasteiger partial charge in [0.05, 0.1) is 23.3 Å². The second kappa shape index (κ2) is 7.10. The van der Waals surface area contributed by atoms with E-state index in [-0.39, 0.29) is 17.1 Å². The summed E-state index contributed by atoms with van der Waals surface area (Å²) < 4.78 is 0. The van der Waals surface area contributed by atoms with Crippen molar-refractivity contribution in [3.8, 4) is 0 Å². The number of carbonyl (C=O) groups excluding carboxylic acids is 1. The van der Waals surface area contributed by atoms with Crippen LogP contribution in [-0.2, 0) is 5.54 Å². The summed E-state index contributed by atoms with van der Waals surface area (Å²) in [5.74, 6) is 0. The van der Waals surface area contributed by atoms with Crippen LogP contribution in [0, 0.1) is 0 Å². The molecule has 2 heterocycles. The largest absolute Gasteiger partial charge is 0.330 e. The van der Waals surface area contributed by atoms with Crippen molar-refractivity contribution in [1.82, 2.24) is 15.2 Å². The first kappa shape index (κ1) is 19.1. The molecule has 2 fully saturated rings. The van der Waals surface area contributed by atoms with E-state index in [1.807, 2.05) is 35.2 Å². The molecule has 5 rings (SSSR count). The number of benzene rings is 2. The molecule has 154 valence electrons. The van der Waals surface area contributed by atoms with Crippen LogP contribution < -0.4 is 10.2 Å². The van der Waals surface area contributed by atoms with Crippen LogP contribution in [0.1, 0.15) is 31.2 Å². The van der Waals surface area contributed by atoms with Crippen LogP contribution in [0.3, 0.4) is 0 Å². The zero-order valence-electron chi connectivity index (χ0n) is 17.6. The normalized spacial score (nSPS) is 26.5. The molecule has 2 amide bonds. The number of pyridine rings is 1. The first-order valence-electron chi connectivity index (χ1n) is 10.7. The number of nitrogens with one attached hydrogen (secondary N) is 1. The van der Waals surface area contributed by atoms with Crippen molar-refractivity contribution in [2.24, 2.45) is 0 Å². The van der Waals surface area contributed by atoms with Crippen molar-refractivity contribution < 1.29 is 4.79 Å². The topological polar surface area (TPSA) is 48.5 Å². The van der Waals surface area contributed by atoms with Gasteiger partial charge in [0.2, 0.25) is 0 Å². The van der Waals surface area contributed by atoms with Gasteiger partial charge in [-0.3, -0.25) is 14.8 Å². The van der Waals surface area contributed by atoms with Gasteiger partial charge in [0.25, 0.3) is 0 Å². The number of nitrogens with zero attached hydrogens (tertiary/aromatic N) is 3.